The number of piperidine rings is 1. The minimum absolute atomic E-state index is 0.0214. The fourth-order valence-corrected chi connectivity index (χ4v) is 4.78. The molecule has 0 amide bonds. The summed E-state index contributed by atoms with van der Waals surface area (Å²) in [4.78, 5) is 14.2. The molecular formula is C18H23BrF3NO2S. The van der Waals surface area contributed by atoms with Gasteiger partial charge in [-0.15, -0.1) is 0 Å². The van der Waals surface area contributed by atoms with E-state index >= 15 is 0 Å². The fourth-order valence-electron chi connectivity index (χ4n) is 3.44. The first-order chi connectivity index (χ1) is 12.3. The van der Waals surface area contributed by atoms with Crippen LogP contribution in [0.25, 0.3) is 0 Å². The number of nitrogens with zero attached hydrogens (tertiary/aromatic N) is 1. The summed E-state index contributed by atoms with van der Waals surface area (Å²) in [6, 6.07) is 2.71. The second kappa shape index (κ2) is 9.46. The summed E-state index contributed by atoms with van der Waals surface area (Å²) in [5.74, 6) is 0.869. The second-order valence-corrected chi connectivity index (χ2v) is 7.96. The number of halogens is 4. The van der Waals surface area contributed by atoms with E-state index in [4.69, 9.17) is 4.74 Å². The molecule has 3 nitrogen and oxygen atoms in total. The van der Waals surface area contributed by atoms with Crippen molar-refractivity contribution in [1.29, 1.82) is 0 Å². The van der Waals surface area contributed by atoms with Crippen molar-refractivity contribution >= 4 is 33.7 Å². The highest BCUT2D eigenvalue weighted by Crippen LogP contribution is 2.36. The Hall–Kier alpha value is -0.730. The lowest BCUT2D eigenvalue weighted by atomic mass is 9.96. The van der Waals surface area contributed by atoms with Crippen LogP contribution in [0, 0.1) is 5.92 Å². The summed E-state index contributed by atoms with van der Waals surface area (Å²) < 4.78 is 45.2. The molecule has 0 spiro atoms. The van der Waals surface area contributed by atoms with Gasteiger partial charge < -0.3 is 4.74 Å². The van der Waals surface area contributed by atoms with Gasteiger partial charge in [0.1, 0.15) is 0 Å². The fraction of sp³-hybridized carbons (Fsp3) is 0.611. The van der Waals surface area contributed by atoms with Crippen LogP contribution in [-0.2, 0) is 22.8 Å². The monoisotopic (exact) mass is 453 g/mol. The Bertz CT molecular complexity index is 638. The van der Waals surface area contributed by atoms with Crippen molar-refractivity contribution in [2.45, 2.75) is 30.9 Å². The molecule has 0 bridgehead atoms. The van der Waals surface area contributed by atoms with Crippen molar-refractivity contribution in [2.24, 2.45) is 5.92 Å². The molecule has 1 aliphatic rings. The molecule has 1 atom stereocenters. The van der Waals surface area contributed by atoms with Gasteiger partial charge in [-0.05, 0) is 60.6 Å². The largest absolute Gasteiger partial charge is 0.465 e. The Labute approximate surface area is 164 Å². The van der Waals surface area contributed by atoms with Gasteiger partial charge >= 0.3 is 12.1 Å². The van der Waals surface area contributed by atoms with E-state index in [9.17, 15) is 18.0 Å². The van der Waals surface area contributed by atoms with Gasteiger partial charge in [0, 0.05) is 18.4 Å². The van der Waals surface area contributed by atoms with Crippen LogP contribution in [0.4, 0.5) is 13.2 Å². The number of benzene rings is 1. The molecule has 1 aliphatic heterocycles. The van der Waals surface area contributed by atoms with Gasteiger partial charge in [0.25, 0.3) is 0 Å². The number of thioether (sulfide) groups is 1. The molecule has 0 aliphatic carbocycles. The van der Waals surface area contributed by atoms with Crippen LogP contribution >= 0.6 is 27.7 Å². The molecule has 1 aromatic carbocycles. The number of methoxy groups -OCH3 is 1. The van der Waals surface area contributed by atoms with E-state index < -0.39 is 17.7 Å². The first-order valence-corrected chi connectivity index (χ1v) is 10.9. The average molecular weight is 454 g/mol. The number of carbonyl (C=O) groups is 1. The number of alkyl halides is 4. The Morgan fingerprint density at radius 2 is 2.15 bits per heavy atom. The quantitative estimate of drug-likeness (QED) is 0.449. The molecular weight excluding hydrogens is 431 g/mol. The van der Waals surface area contributed by atoms with Gasteiger partial charge in [0.05, 0.1) is 18.2 Å². The molecule has 146 valence electrons. The van der Waals surface area contributed by atoms with Gasteiger partial charge in [-0.25, -0.2) is 4.79 Å². The topological polar surface area (TPSA) is 29.5 Å². The van der Waals surface area contributed by atoms with E-state index in [0.29, 0.717) is 18.0 Å². The third kappa shape index (κ3) is 5.39. The first kappa shape index (κ1) is 21.6. The Morgan fingerprint density at radius 3 is 2.73 bits per heavy atom. The average Bonchev–Trinajstić information content (AvgIpc) is 2.60. The molecule has 1 fully saturated rings. The molecule has 1 aromatic rings. The van der Waals surface area contributed by atoms with Crippen molar-refractivity contribution in [1.82, 2.24) is 4.90 Å². The molecule has 0 saturated carbocycles. The van der Waals surface area contributed by atoms with Crippen molar-refractivity contribution in [3.05, 3.63) is 34.4 Å². The lowest BCUT2D eigenvalue weighted by molar-refractivity contribution is -0.138. The lowest BCUT2D eigenvalue weighted by Crippen LogP contribution is -2.36. The van der Waals surface area contributed by atoms with Crippen molar-refractivity contribution in [2.75, 3.05) is 32.2 Å². The number of likely N-dealkylation sites (tertiary alicyclic amines) is 1. The minimum Gasteiger partial charge on any atom is -0.465 e. The standard InChI is InChI=1S/C18H23BrF3NO2S/c1-25-17(24)14-6-13(7-16(15(14)8-19)18(20,21)22)10-23-5-3-4-12(9-23)11-26-2/h6-7,12H,3-5,8-11H2,1-2H3/t12-/m0/s1. The Balaban J connectivity index is 2.34. The van der Waals surface area contributed by atoms with Gasteiger partial charge in [0.2, 0.25) is 0 Å². The summed E-state index contributed by atoms with van der Waals surface area (Å²) in [6.45, 7) is 2.14. The number of carbonyl (C=O) groups excluding carboxylic acids is 1. The number of esters is 1. The van der Waals surface area contributed by atoms with Crippen molar-refractivity contribution in [3.63, 3.8) is 0 Å². The SMILES string of the molecule is COC(=O)c1cc(CN2CCC[C@H](CSC)C2)cc(C(F)(F)F)c1CBr. The third-order valence-corrected chi connectivity index (χ3v) is 5.93. The molecule has 1 saturated heterocycles. The highest BCUT2D eigenvalue weighted by Gasteiger charge is 2.36. The number of hydrogen-bond donors (Lipinski definition) is 0. The lowest BCUT2D eigenvalue weighted by Gasteiger charge is -2.32. The normalized spacial score (nSPS) is 18.8. The zero-order valence-corrected chi connectivity index (χ0v) is 17.3. The van der Waals surface area contributed by atoms with Gasteiger partial charge in [-0.3, -0.25) is 4.90 Å². The zero-order valence-electron chi connectivity index (χ0n) is 14.9. The summed E-state index contributed by atoms with van der Waals surface area (Å²) in [5.41, 5.74) is -0.379. The van der Waals surface area contributed by atoms with Crippen molar-refractivity contribution in [3.8, 4) is 0 Å². The van der Waals surface area contributed by atoms with Crippen LogP contribution in [0.2, 0.25) is 0 Å². The minimum atomic E-state index is -4.52. The molecule has 26 heavy (non-hydrogen) atoms. The molecule has 0 N–H and O–H groups in total. The summed E-state index contributed by atoms with van der Waals surface area (Å²) in [5, 5.41) is -0.0634. The predicted molar refractivity (Wildman–Crippen MR) is 102 cm³/mol. The molecule has 0 radical (unpaired) electrons. The highest BCUT2D eigenvalue weighted by atomic mass is 79.9. The molecule has 0 unspecified atom stereocenters. The van der Waals surface area contributed by atoms with Crippen LogP contribution in [0.5, 0.6) is 0 Å². The van der Waals surface area contributed by atoms with Crippen LogP contribution < -0.4 is 0 Å². The molecule has 1 heterocycles. The maximum atomic E-state index is 13.5. The van der Waals surface area contributed by atoms with Crippen LogP contribution in [0.15, 0.2) is 12.1 Å². The van der Waals surface area contributed by atoms with E-state index in [1.165, 1.54) is 19.2 Å². The van der Waals surface area contributed by atoms with E-state index in [2.05, 4.69) is 27.1 Å². The smallest absolute Gasteiger partial charge is 0.416 e. The van der Waals surface area contributed by atoms with Gasteiger partial charge in [-0.2, -0.15) is 24.9 Å². The van der Waals surface area contributed by atoms with Crippen molar-refractivity contribution < 1.29 is 22.7 Å². The Kier molecular flexibility index (Phi) is 7.85. The number of ether oxygens (including phenoxy) is 1. The third-order valence-electron chi connectivity index (χ3n) is 4.57. The van der Waals surface area contributed by atoms with E-state index in [-0.39, 0.29) is 16.5 Å². The van der Waals surface area contributed by atoms with E-state index in [1.807, 2.05) is 0 Å². The van der Waals surface area contributed by atoms with Gasteiger partial charge in [0.15, 0.2) is 0 Å². The summed E-state index contributed by atoms with van der Waals surface area (Å²) in [6.07, 6.45) is -0.261. The van der Waals surface area contributed by atoms with E-state index in [1.54, 1.807) is 11.8 Å². The molecule has 0 aromatic heterocycles. The Morgan fingerprint density at radius 1 is 1.42 bits per heavy atom. The highest BCUT2D eigenvalue weighted by molar-refractivity contribution is 9.08. The second-order valence-electron chi connectivity index (χ2n) is 6.49. The maximum Gasteiger partial charge on any atom is 0.416 e. The maximum absolute atomic E-state index is 13.5. The zero-order chi connectivity index (χ0) is 19.3. The first-order valence-electron chi connectivity index (χ1n) is 8.38. The number of hydrogen-bond acceptors (Lipinski definition) is 4. The van der Waals surface area contributed by atoms with Crippen LogP contribution in [0.3, 0.4) is 0 Å². The summed E-state index contributed by atoms with van der Waals surface area (Å²) >= 11 is 4.87. The van der Waals surface area contributed by atoms with E-state index in [0.717, 1.165) is 31.7 Å². The van der Waals surface area contributed by atoms with Crippen LogP contribution in [0.1, 0.15) is 39.9 Å². The predicted octanol–water partition coefficient (Wildman–Crippen LogP) is 4.96. The van der Waals surface area contributed by atoms with Gasteiger partial charge in [-0.1, -0.05) is 15.9 Å². The summed E-state index contributed by atoms with van der Waals surface area (Å²) in [7, 11) is 1.18. The number of rotatable bonds is 6. The molecule has 8 heteroatoms. The molecule has 2 rings (SSSR count). The van der Waals surface area contributed by atoms with Crippen LogP contribution in [-0.4, -0.2) is 43.1 Å².